The molecule has 0 saturated heterocycles. The van der Waals surface area contributed by atoms with Crippen LogP contribution in [0, 0.1) is 6.92 Å². The van der Waals surface area contributed by atoms with Gasteiger partial charge in [0.1, 0.15) is 17.5 Å². The molecule has 0 bridgehead atoms. The van der Waals surface area contributed by atoms with E-state index in [9.17, 15) is 9.59 Å². The summed E-state index contributed by atoms with van der Waals surface area (Å²) in [5, 5.41) is 2.98. The third-order valence-corrected chi connectivity index (χ3v) is 3.82. The molecule has 3 heterocycles. The first-order valence-corrected chi connectivity index (χ1v) is 7.76. The second-order valence-corrected chi connectivity index (χ2v) is 5.49. The van der Waals surface area contributed by atoms with Crippen LogP contribution in [0.25, 0.3) is 11.1 Å². The topological polar surface area (TPSA) is 99.2 Å². The number of furan rings is 1. The zero-order valence-corrected chi connectivity index (χ0v) is 14.0. The number of ether oxygens (including phenoxy) is 1. The maximum Gasteiger partial charge on any atom is 0.265 e. The van der Waals surface area contributed by atoms with Gasteiger partial charge in [0.05, 0.1) is 18.7 Å². The summed E-state index contributed by atoms with van der Waals surface area (Å²) in [7, 11) is 1.55. The number of nitrogens with zero attached hydrogens (tertiary/aromatic N) is 3. The van der Waals surface area contributed by atoms with Crippen molar-refractivity contribution in [2.45, 2.75) is 20.0 Å². The minimum absolute atomic E-state index is 0.158. The van der Waals surface area contributed by atoms with Crippen LogP contribution in [0.5, 0.6) is 0 Å². The molecule has 25 heavy (non-hydrogen) atoms. The lowest BCUT2D eigenvalue weighted by Gasteiger charge is -2.06. The van der Waals surface area contributed by atoms with Crippen LogP contribution < -0.4 is 10.9 Å². The molecule has 0 aliphatic rings. The molecule has 1 N–H and O–H groups in total. The van der Waals surface area contributed by atoms with Crippen molar-refractivity contribution >= 4 is 17.0 Å². The molecule has 3 aromatic rings. The zero-order chi connectivity index (χ0) is 17.8. The van der Waals surface area contributed by atoms with Crippen molar-refractivity contribution in [3.8, 4) is 0 Å². The number of carbonyl (C=O) groups is 1. The van der Waals surface area contributed by atoms with E-state index < -0.39 is 0 Å². The molecule has 3 aromatic heterocycles. The van der Waals surface area contributed by atoms with Gasteiger partial charge < -0.3 is 14.5 Å². The molecule has 0 spiro atoms. The predicted molar refractivity (Wildman–Crippen MR) is 90.3 cm³/mol. The summed E-state index contributed by atoms with van der Waals surface area (Å²) in [5.74, 6) is -0.0206. The quantitative estimate of drug-likeness (QED) is 0.724. The van der Waals surface area contributed by atoms with Crippen molar-refractivity contribution in [3.05, 3.63) is 58.1 Å². The van der Waals surface area contributed by atoms with Crippen LogP contribution >= 0.6 is 0 Å². The van der Waals surface area contributed by atoms with Gasteiger partial charge in [-0.15, -0.1) is 0 Å². The van der Waals surface area contributed by atoms with Crippen LogP contribution in [-0.4, -0.2) is 34.2 Å². The Bertz CT molecular complexity index is 946. The highest BCUT2D eigenvalue weighted by atomic mass is 16.5. The molecule has 3 rings (SSSR count). The fourth-order valence-corrected chi connectivity index (χ4v) is 2.53. The molecule has 0 unspecified atom stereocenters. The van der Waals surface area contributed by atoms with Gasteiger partial charge in [-0.1, -0.05) is 0 Å². The Kier molecular flexibility index (Phi) is 4.90. The van der Waals surface area contributed by atoms with E-state index in [1.165, 1.54) is 10.9 Å². The van der Waals surface area contributed by atoms with Crippen molar-refractivity contribution in [2.75, 3.05) is 13.7 Å². The average Bonchev–Trinajstić information content (AvgIpc) is 2.97. The van der Waals surface area contributed by atoms with Gasteiger partial charge in [0.25, 0.3) is 11.5 Å². The molecule has 0 radical (unpaired) electrons. The van der Waals surface area contributed by atoms with Crippen LogP contribution in [0.1, 0.15) is 21.7 Å². The molecule has 0 aromatic carbocycles. The largest absolute Gasteiger partial charge is 0.442 e. The van der Waals surface area contributed by atoms with Crippen molar-refractivity contribution in [1.29, 1.82) is 0 Å². The molecule has 0 atom stereocenters. The molecule has 0 aliphatic carbocycles. The molecular weight excluding hydrogens is 324 g/mol. The van der Waals surface area contributed by atoms with E-state index in [0.717, 1.165) is 5.56 Å². The van der Waals surface area contributed by atoms with Crippen molar-refractivity contribution < 1.29 is 13.9 Å². The molecular formula is C17H18N4O4. The Labute approximate surface area is 143 Å². The summed E-state index contributed by atoms with van der Waals surface area (Å²) in [4.78, 5) is 33.3. The number of aromatic nitrogens is 3. The standard InChI is InChI=1S/C17H18N4O4/c1-11-13(15(22)19-9-12-3-5-18-6-4-12)14-16(25-11)20-10-21(17(14)23)7-8-24-2/h3-6,10H,7-9H2,1-2H3,(H,19,22). The Balaban J connectivity index is 1.93. The van der Waals surface area contributed by atoms with Gasteiger partial charge in [-0.2, -0.15) is 0 Å². The summed E-state index contributed by atoms with van der Waals surface area (Å²) in [5.41, 5.74) is 0.955. The summed E-state index contributed by atoms with van der Waals surface area (Å²) in [6.07, 6.45) is 4.70. The number of nitrogens with one attached hydrogen (secondary N) is 1. The molecule has 130 valence electrons. The second-order valence-electron chi connectivity index (χ2n) is 5.49. The van der Waals surface area contributed by atoms with Gasteiger partial charge in [-0.05, 0) is 24.6 Å². The van der Waals surface area contributed by atoms with Crippen LogP contribution in [0.4, 0.5) is 0 Å². The van der Waals surface area contributed by atoms with Gasteiger partial charge in [-0.3, -0.25) is 19.1 Å². The lowest BCUT2D eigenvalue weighted by molar-refractivity contribution is 0.0950. The monoisotopic (exact) mass is 342 g/mol. The highest BCUT2D eigenvalue weighted by Crippen LogP contribution is 2.20. The fourth-order valence-electron chi connectivity index (χ4n) is 2.53. The van der Waals surface area contributed by atoms with Gasteiger partial charge in [-0.25, -0.2) is 4.98 Å². The van der Waals surface area contributed by atoms with Crippen LogP contribution in [0.15, 0.2) is 40.1 Å². The lowest BCUT2D eigenvalue weighted by atomic mass is 10.1. The smallest absolute Gasteiger partial charge is 0.265 e. The summed E-state index contributed by atoms with van der Waals surface area (Å²) < 4.78 is 11.9. The summed E-state index contributed by atoms with van der Waals surface area (Å²) in [6.45, 7) is 2.68. The summed E-state index contributed by atoms with van der Waals surface area (Å²) in [6, 6.07) is 3.61. The van der Waals surface area contributed by atoms with E-state index in [-0.39, 0.29) is 28.1 Å². The van der Waals surface area contributed by atoms with Gasteiger partial charge in [0, 0.05) is 26.0 Å². The number of carbonyl (C=O) groups excluding carboxylic acids is 1. The van der Waals surface area contributed by atoms with Gasteiger partial charge in [0.2, 0.25) is 5.71 Å². The third kappa shape index (κ3) is 3.43. The van der Waals surface area contributed by atoms with E-state index in [1.54, 1.807) is 38.6 Å². The van der Waals surface area contributed by atoms with Gasteiger partial charge in [0.15, 0.2) is 0 Å². The minimum atomic E-state index is -0.378. The summed E-state index contributed by atoms with van der Waals surface area (Å²) >= 11 is 0. The van der Waals surface area contributed by atoms with Crippen molar-refractivity contribution in [2.24, 2.45) is 0 Å². The molecule has 0 saturated carbocycles. The number of methoxy groups -OCH3 is 1. The SMILES string of the molecule is COCCn1cnc2oc(C)c(C(=O)NCc3ccncc3)c2c1=O. The molecule has 8 heteroatoms. The predicted octanol–water partition coefficient (Wildman–Crippen LogP) is 1.27. The van der Waals surface area contributed by atoms with Crippen LogP contribution in [0.3, 0.4) is 0 Å². The highest BCUT2D eigenvalue weighted by molar-refractivity contribution is 6.06. The second kappa shape index (κ2) is 7.27. The Hall–Kier alpha value is -3.00. The van der Waals surface area contributed by atoms with E-state index in [2.05, 4.69) is 15.3 Å². The first-order chi connectivity index (χ1) is 12.1. The first-order valence-electron chi connectivity index (χ1n) is 7.76. The normalized spacial score (nSPS) is 11.0. The number of hydrogen-bond acceptors (Lipinski definition) is 6. The number of amides is 1. The van der Waals surface area contributed by atoms with E-state index in [4.69, 9.17) is 9.15 Å². The zero-order valence-electron chi connectivity index (χ0n) is 14.0. The Morgan fingerprint density at radius 2 is 2.12 bits per heavy atom. The average molecular weight is 342 g/mol. The van der Waals surface area contributed by atoms with Crippen molar-refractivity contribution in [3.63, 3.8) is 0 Å². The molecule has 0 fully saturated rings. The van der Waals surface area contributed by atoms with Gasteiger partial charge >= 0.3 is 0 Å². The van der Waals surface area contributed by atoms with E-state index in [1.807, 2.05) is 0 Å². The maximum atomic E-state index is 12.7. The number of pyridine rings is 1. The highest BCUT2D eigenvalue weighted by Gasteiger charge is 2.22. The number of aryl methyl sites for hydroxylation is 1. The minimum Gasteiger partial charge on any atom is -0.442 e. The Morgan fingerprint density at radius 1 is 1.36 bits per heavy atom. The first kappa shape index (κ1) is 16.8. The van der Waals surface area contributed by atoms with E-state index in [0.29, 0.717) is 25.5 Å². The molecule has 8 nitrogen and oxygen atoms in total. The van der Waals surface area contributed by atoms with Crippen molar-refractivity contribution in [1.82, 2.24) is 19.9 Å². The van der Waals surface area contributed by atoms with Crippen LogP contribution in [-0.2, 0) is 17.8 Å². The molecule has 0 aliphatic heterocycles. The lowest BCUT2D eigenvalue weighted by Crippen LogP contribution is -2.27. The Morgan fingerprint density at radius 3 is 2.84 bits per heavy atom. The number of hydrogen-bond donors (Lipinski definition) is 1. The molecule has 1 amide bonds. The fraction of sp³-hybridized carbons (Fsp3) is 0.294. The third-order valence-electron chi connectivity index (χ3n) is 3.82. The van der Waals surface area contributed by atoms with E-state index >= 15 is 0 Å². The number of rotatable bonds is 6. The van der Waals surface area contributed by atoms with Crippen LogP contribution in [0.2, 0.25) is 0 Å². The maximum absolute atomic E-state index is 12.7. The number of fused-ring (bicyclic) bond motifs is 1.